The second-order valence-electron chi connectivity index (χ2n) is 6.17. The predicted molar refractivity (Wildman–Crippen MR) is 102 cm³/mol. The summed E-state index contributed by atoms with van der Waals surface area (Å²) < 4.78 is 22.4. The lowest BCUT2D eigenvalue weighted by Crippen LogP contribution is -2.13. The molecule has 0 unspecified atom stereocenters. The highest BCUT2D eigenvalue weighted by Gasteiger charge is 2.37. The van der Waals surface area contributed by atoms with Crippen molar-refractivity contribution in [2.24, 2.45) is 0 Å². The average Bonchev–Trinajstić information content (AvgIpc) is 3.09. The lowest BCUT2D eigenvalue weighted by molar-refractivity contribution is 0.156. The van der Waals surface area contributed by atoms with E-state index in [9.17, 15) is 5.11 Å². The molecule has 2 aromatic carbocycles. The molecule has 0 aromatic heterocycles. The fourth-order valence-electron chi connectivity index (χ4n) is 3.38. The van der Waals surface area contributed by atoms with Crippen LogP contribution in [0.4, 0.5) is 0 Å². The van der Waals surface area contributed by atoms with Crippen molar-refractivity contribution in [3.63, 3.8) is 0 Å². The van der Waals surface area contributed by atoms with E-state index in [0.717, 1.165) is 16.7 Å². The maximum atomic E-state index is 10.1. The first-order chi connectivity index (χ1) is 13.2. The topological polar surface area (TPSA) is 77.4 Å². The summed E-state index contributed by atoms with van der Waals surface area (Å²) in [7, 11) is 4.75. The Morgan fingerprint density at radius 1 is 0.963 bits per heavy atom. The Labute approximate surface area is 158 Å². The molecule has 0 saturated carbocycles. The van der Waals surface area contributed by atoms with Crippen LogP contribution in [0.3, 0.4) is 0 Å². The molecule has 1 aliphatic rings. The summed E-state index contributed by atoms with van der Waals surface area (Å²) in [4.78, 5) is 0. The van der Waals surface area contributed by atoms with Gasteiger partial charge >= 0.3 is 0 Å². The zero-order chi connectivity index (χ0) is 19.4. The van der Waals surface area contributed by atoms with Crippen LogP contribution < -0.4 is 18.9 Å². The Morgan fingerprint density at radius 3 is 2.33 bits per heavy atom. The van der Waals surface area contributed by atoms with Gasteiger partial charge in [0.15, 0.2) is 23.0 Å². The molecule has 0 aliphatic carbocycles. The van der Waals surface area contributed by atoms with E-state index in [0.29, 0.717) is 23.0 Å². The zero-order valence-corrected chi connectivity index (χ0v) is 15.6. The van der Waals surface area contributed by atoms with Gasteiger partial charge in [-0.25, -0.2) is 0 Å². The van der Waals surface area contributed by atoms with E-state index in [2.05, 4.69) is 0 Å². The van der Waals surface area contributed by atoms with Gasteiger partial charge in [-0.1, -0.05) is 18.2 Å². The van der Waals surface area contributed by atoms with Crippen molar-refractivity contribution in [1.82, 2.24) is 0 Å². The average molecular weight is 372 g/mol. The summed E-state index contributed by atoms with van der Waals surface area (Å²) in [6.07, 6.45) is 3.08. The summed E-state index contributed by atoms with van der Waals surface area (Å²) >= 11 is 0. The first-order valence-corrected chi connectivity index (χ1v) is 8.65. The predicted octanol–water partition coefficient (Wildman–Crippen LogP) is 2.93. The van der Waals surface area contributed by atoms with Crippen LogP contribution in [0.1, 0.15) is 28.7 Å². The number of aliphatic hydroxyl groups excluding tert-OH is 2. The van der Waals surface area contributed by atoms with Crippen LogP contribution in [-0.2, 0) is 0 Å². The first-order valence-electron chi connectivity index (χ1n) is 8.65. The number of hydrogen-bond donors (Lipinski definition) is 2. The SMILES string of the molecule is COc1ccc([C@H]2Oc3c(OC)cc(/C=C/CO)cc3[C@@H]2CO)cc1OC. The molecule has 144 valence electrons. The molecule has 6 heteroatoms. The van der Waals surface area contributed by atoms with Crippen LogP contribution in [0, 0.1) is 0 Å². The van der Waals surface area contributed by atoms with Crippen LogP contribution in [0.15, 0.2) is 36.4 Å². The van der Waals surface area contributed by atoms with Crippen molar-refractivity contribution in [1.29, 1.82) is 0 Å². The van der Waals surface area contributed by atoms with Crippen molar-refractivity contribution in [2.45, 2.75) is 12.0 Å². The smallest absolute Gasteiger partial charge is 0.165 e. The van der Waals surface area contributed by atoms with Gasteiger partial charge in [0.1, 0.15) is 6.10 Å². The molecule has 2 N–H and O–H groups in total. The Bertz CT molecular complexity index is 830. The third kappa shape index (κ3) is 3.59. The molecule has 0 amide bonds. The molecule has 6 nitrogen and oxygen atoms in total. The minimum atomic E-state index is -0.379. The van der Waals surface area contributed by atoms with Gasteiger partial charge in [-0.3, -0.25) is 0 Å². The van der Waals surface area contributed by atoms with Gasteiger partial charge < -0.3 is 29.2 Å². The lowest BCUT2D eigenvalue weighted by Gasteiger charge is -2.19. The minimum absolute atomic E-state index is 0.0480. The number of methoxy groups -OCH3 is 3. The number of fused-ring (bicyclic) bond motifs is 1. The highest BCUT2D eigenvalue weighted by Crippen LogP contribution is 2.51. The fourth-order valence-corrected chi connectivity index (χ4v) is 3.38. The summed E-state index contributed by atoms with van der Waals surface area (Å²) in [5.74, 6) is 2.19. The molecule has 0 bridgehead atoms. The molecule has 1 aliphatic heterocycles. The molecule has 0 spiro atoms. The van der Waals surface area contributed by atoms with Crippen LogP contribution in [-0.4, -0.2) is 44.8 Å². The molecule has 2 aromatic rings. The van der Waals surface area contributed by atoms with Gasteiger partial charge in [-0.15, -0.1) is 0 Å². The van der Waals surface area contributed by atoms with Gasteiger partial charge in [0.2, 0.25) is 0 Å². The summed E-state index contributed by atoms with van der Waals surface area (Å²) in [6, 6.07) is 9.38. The second kappa shape index (κ2) is 8.33. The molecule has 0 fully saturated rings. The summed E-state index contributed by atoms with van der Waals surface area (Å²) in [5, 5.41) is 19.1. The number of ether oxygens (including phenoxy) is 4. The number of benzene rings is 2. The van der Waals surface area contributed by atoms with E-state index in [1.807, 2.05) is 30.3 Å². The maximum absolute atomic E-state index is 10.1. The lowest BCUT2D eigenvalue weighted by atomic mass is 9.90. The van der Waals surface area contributed by atoms with E-state index < -0.39 is 0 Å². The molecule has 27 heavy (non-hydrogen) atoms. The standard InChI is InChI=1S/C21H24O6/c1-24-17-7-6-14(11-18(17)25-2)20-16(12-23)15-9-13(5-4-8-22)10-19(26-3)21(15)27-20/h4-7,9-11,16,20,22-23H,8,12H2,1-3H3/b5-4+/t16-,20+/m0/s1. The number of aliphatic hydroxyl groups is 2. The van der Waals surface area contributed by atoms with Gasteiger partial charge in [0, 0.05) is 5.56 Å². The Balaban J connectivity index is 2.03. The molecular formula is C21H24O6. The molecule has 0 radical (unpaired) electrons. The highest BCUT2D eigenvalue weighted by molar-refractivity contribution is 5.62. The largest absolute Gasteiger partial charge is 0.493 e. The van der Waals surface area contributed by atoms with Crippen LogP contribution in [0.2, 0.25) is 0 Å². The quantitative estimate of drug-likeness (QED) is 0.778. The third-order valence-corrected chi connectivity index (χ3v) is 4.68. The third-order valence-electron chi connectivity index (χ3n) is 4.68. The van der Waals surface area contributed by atoms with Gasteiger partial charge in [-0.05, 0) is 35.4 Å². The molecule has 3 rings (SSSR count). The van der Waals surface area contributed by atoms with Crippen molar-refractivity contribution < 1.29 is 29.2 Å². The van der Waals surface area contributed by atoms with E-state index in [4.69, 9.17) is 24.1 Å². The number of rotatable bonds is 7. The van der Waals surface area contributed by atoms with E-state index >= 15 is 0 Å². The summed E-state index contributed by atoms with van der Waals surface area (Å²) in [5.41, 5.74) is 2.61. The van der Waals surface area contributed by atoms with Crippen molar-refractivity contribution in [3.05, 3.63) is 53.1 Å². The van der Waals surface area contributed by atoms with E-state index in [-0.39, 0.29) is 25.2 Å². The van der Waals surface area contributed by atoms with Gasteiger partial charge in [0.25, 0.3) is 0 Å². The van der Waals surface area contributed by atoms with Crippen LogP contribution in [0.25, 0.3) is 6.08 Å². The first kappa shape index (κ1) is 19.1. The van der Waals surface area contributed by atoms with Crippen LogP contribution >= 0.6 is 0 Å². The monoisotopic (exact) mass is 372 g/mol. The second-order valence-corrected chi connectivity index (χ2v) is 6.17. The van der Waals surface area contributed by atoms with Crippen molar-refractivity contribution in [3.8, 4) is 23.0 Å². The van der Waals surface area contributed by atoms with E-state index in [1.165, 1.54) is 0 Å². The maximum Gasteiger partial charge on any atom is 0.165 e. The normalized spacial score (nSPS) is 18.3. The summed E-state index contributed by atoms with van der Waals surface area (Å²) in [6.45, 7) is -0.129. The Morgan fingerprint density at radius 2 is 1.70 bits per heavy atom. The Hall–Kier alpha value is -2.70. The number of hydrogen-bond acceptors (Lipinski definition) is 6. The minimum Gasteiger partial charge on any atom is -0.493 e. The van der Waals surface area contributed by atoms with Crippen LogP contribution in [0.5, 0.6) is 23.0 Å². The van der Waals surface area contributed by atoms with Crippen molar-refractivity contribution >= 4 is 6.08 Å². The van der Waals surface area contributed by atoms with Gasteiger partial charge in [-0.2, -0.15) is 0 Å². The highest BCUT2D eigenvalue weighted by atomic mass is 16.5. The molecule has 0 saturated heterocycles. The zero-order valence-electron chi connectivity index (χ0n) is 15.6. The molecular weight excluding hydrogens is 348 g/mol. The Kier molecular flexibility index (Phi) is 5.88. The van der Waals surface area contributed by atoms with Crippen molar-refractivity contribution in [2.75, 3.05) is 34.5 Å². The van der Waals surface area contributed by atoms with E-state index in [1.54, 1.807) is 33.5 Å². The molecule has 2 atom stereocenters. The van der Waals surface area contributed by atoms with Gasteiger partial charge in [0.05, 0.1) is 40.5 Å². The molecule has 1 heterocycles. The fraction of sp³-hybridized carbons (Fsp3) is 0.333.